The van der Waals surface area contributed by atoms with Crippen molar-refractivity contribution in [2.45, 2.75) is 32.1 Å². The van der Waals surface area contributed by atoms with Gasteiger partial charge in [0.2, 0.25) is 5.78 Å². The van der Waals surface area contributed by atoms with Crippen LogP contribution in [0.15, 0.2) is 42.6 Å². The molecule has 1 fully saturated rings. The van der Waals surface area contributed by atoms with Gasteiger partial charge in [0, 0.05) is 6.20 Å². The Morgan fingerprint density at radius 3 is 2.63 bits per heavy atom. The lowest BCUT2D eigenvalue weighted by Gasteiger charge is -2.15. The Bertz CT molecular complexity index is 591. The highest BCUT2D eigenvalue weighted by Gasteiger charge is 2.42. The van der Waals surface area contributed by atoms with Gasteiger partial charge in [-0.15, -0.1) is 0 Å². The summed E-state index contributed by atoms with van der Waals surface area (Å²) in [6, 6.07) is 11.8. The molecule has 4 nitrogen and oxygen atoms in total. The van der Waals surface area contributed by atoms with Gasteiger partial charge in [-0.1, -0.05) is 30.3 Å². The number of nitrogens with zero attached hydrogens (tertiary/aromatic N) is 2. The average Bonchev–Trinajstić information content (AvgIpc) is 2.98. The second-order valence-corrected chi connectivity index (χ2v) is 4.87. The molecular formula is C15H16N2O2. The van der Waals surface area contributed by atoms with Gasteiger partial charge in [0.15, 0.2) is 0 Å². The van der Waals surface area contributed by atoms with Crippen molar-refractivity contribution in [3.63, 3.8) is 0 Å². The van der Waals surface area contributed by atoms with Crippen LogP contribution in [-0.2, 0) is 4.74 Å². The molecule has 1 aliphatic heterocycles. The Morgan fingerprint density at radius 2 is 2.00 bits per heavy atom. The summed E-state index contributed by atoms with van der Waals surface area (Å²) in [5.41, 5.74) is 1.75. The van der Waals surface area contributed by atoms with E-state index in [0.717, 1.165) is 5.56 Å². The number of ether oxygens (including phenoxy) is 1. The van der Waals surface area contributed by atoms with Gasteiger partial charge in [-0.25, -0.2) is 0 Å². The van der Waals surface area contributed by atoms with Gasteiger partial charge >= 0.3 is 0 Å². The Labute approximate surface area is 112 Å². The highest BCUT2D eigenvalue weighted by Crippen LogP contribution is 2.27. The maximum atomic E-state index is 12.2. The maximum absolute atomic E-state index is 12.2. The van der Waals surface area contributed by atoms with Gasteiger partial charge in [0.1, 0.15) is 11.8 Å². The first-order valence-electron chi connectivity index (χ1n) is 6.46. The fourth-order valence-electron chi connectivity index (χ4n) is 2.30. The smallest absolute Gasteiger partial charge is 0.212 e. The monoisotopic (exact) mass is 256 g/mol. The average molecular weight is 256 g/mol. The third-order valence-corrected chi connectivity index (χ3v) is 3.54. The van der Waals surface area contributed by atoms with E-state index in [2.05, 4.69) is 5.10 Å². The zero-order valence-corrected chi connectivity index (χ0v) is 11.0. The van der Waals surface area contributed by atoms with Crippen molar-refractivity contribution in [2.75, 3.05) is 0 Å². The van der Waals surface area contributed by atoms with Crippen molar-refractivity contribution < 1.29 is 9.53 Å². The van der Waals surface area contributed by atoms with E-state index in [9.17, 15) is 4.79 Å². The number of benzene rings is 1. The first-order valence-corrected chi connectivity index (χ1v) is 6.46. The summed E-state index contributed by atoms with van der Waals surface area (Å²) in [7, 11) is 0. The van der Waals surface area contributed by atoms with Gasteiger partial charge in [-0.2, -0.15) is 5.10 Å². The molecule has 1 aromatic carbocycles. The van der Waals surface area contributed by atoms with Gasteiger partial charge < -0.3 is 4.74 Å². The molecular weight excluding hydrogens is 240 g/mol. The molecule has 2 heterocycles. The fourth-order valence-corrected chi connectivity index (χ4v) is 2.30. The molecule has 98 valence electrons. The Morgan fingerprint density at radius 1 is 1.32 bits per heavy atom. The van der Waals surface area contributed by atoms with Gasteiger partial charge in [0.25, 0.3) is 0 Å². The van der Waals surface area contributed by atoms with E-state index in [1.54, 1.807) is 16.9 Å². The van der Waals surface area contributed by atoms with E-state index in [-0.39, 0.29) is 24.0 Å². The number of hydrogen-bond donors (Lipinski definition) is 0. The molecule has 0 aliphatic carbocycles. The molecule has 3 rings (SSSR count). The Kier molecular flexibility index (Phi) is 2.95. The highest BCUT2D eigenvalue weighted by molar-refractivity contribution is 5.99. The quantitative estimate of drug-likeness (QED) is 0.623. The zero-order valence-electron chi connectivity index (χ0n) is 11.0. The summed E-state index contributed by atoms with van der Waals surface area (Å²) in [6.07, 6.45) is 1.40. The number of rotatable bonds is 4. The summed E-state index contributed by atoms with van der Waals surface area (Å²) in [5, 5.41) is 4.29. The lowest BCUT2D eigenvalue weighted by Crippen LogP contribution is -2.19. The second-order valence-electron chi connectivity index (χ2n) is 4.87. The first-order chi connectivity index (χ1) is 9.18. The molecule has 0 N–H and O–H groups in total. The minimum absolute atomic E-state index is 0.0211. The van der Waals surface area contributed by atoms with Crippen molar-refractivity contribution >= 4 is 5.78 Å². The molecule has 0 saturated carbocycles. The number of aromatic nitrogens is 2. The van der Waals surface area contributed by atoms with Crippen LogP contribution in [0.3, 0.4) is 0 Å². The van der Waals surface area contributed by atoms with Gasteiger partial charge in [-0.05, 0) is 25.5 Å². The largest absolute Gasteiger partial charge is 0.361 e. The summed E-state index contributed by atoms with van der Waals surface area (Å²) in [5.74, 6) is 0.0211. The summed E-state index contributed by atoms with van der Waals surface area (Å²) < 4.78 is 7.02. The van der Waals surface area contributed by atoms with Crippen LogP contribution >= 0.6 is 0 Å². The van der Waals surface area contributed by atoms with Crippen LogP contribution in [0.2, 0.25) is 0 Å². The van der Waals surface area contributed by atoms with Crippen molar-refractivity contribution in [1.29, 1.82) is 0 Å². The molecule has 1 aromatic heterocycles. The molecule has 0 bridgehead atoms. The number of Topliss-reactive ketones (excluding diaryl/α,β-unsaturated/α-hetero) is 1. The summed E-state index contributed by atoms with van der Waals surface area (Å²) in [4.78, 5) is 12.2. The minimum Gasteiger partial charge on any atom is -0.361 e. The molecule has 2 unspecified atom stereocenters. The van der Waals surface area contributed by atoms with Crippen LogP contribution in [-0.4, -0.2) is 27.8 Å². The van der Waals surface area contributed by atoms with E-state index in [1.165, 1.54) is 0 Å². The second kappa shape index (κ2) is 4.63. The van der Waals surface area contributed by atoms with E-state index in [1.807, 2.05) is 44.2 Å². The molecule has 19 heavy (non-hydrogen) atoms. The highest BCUT2D eigenvalue weighted by atomic mass is 16.6. The predicted molar refractivity (Wildman–Crippen MR) is 71.1 cm³/mol. The van der Waals surface area contributed by atoms with Crippen LogP contribution in [0.5, 0.6) is 0 Å². The number of ketones is 1. The van der Waals surface area contributed by atoms with Crippen LogP contribution in [0.25, 0.3) is 0 Å². The van der Waals surface area contributed by atoms with Crippen LogP contribution in [0.4, 0.5) is 0 Å². The van der Waals surface area contributed by atoms with E-state index in [4.69, 9.17) is 4.74 Å². The molecule has 0 spiro atoms. The summed E-state index contributed by atoms with van der Waals surface area (Å²) >= 11 is 0. The molecule has 0 radical (unpaired) electrons. The SMILES string of the molecule is CC1OC1C(=O)c1ccnn1[C@H](C)c1ccccc1. The van der Waals surface area contributed by atoms with Crippen LogP contribution in [0.1, 0.15) is 35.9 Å². The molecule has 1 aliphatic rings. The standard InChI is InChI=1S/C15H16N2O2/c1-10(12-6-4-3-5-7-12)17-13(8-9-16-17)14(18)15-11(2)19-15/h3-11,15H,1-2H3/t10-,11?,15?/m1/s1. The zero-order chi connectivity index (χ0) is 13.4. The number of hydrogen-bond acceptors (Lipinski definition) is 3. The molecule has 3 atom stereocenters. The Balaban J connectivity index is 1.90. The van der Waals surface area contributed by atoms with Crippen molar-refractivity contribution in [3.8, 4) is 0 Å². The predicted octanol–water partition coefficient (Wildman–Crippen LogP) is 2.46. The van der Waals surface area contributed by atoms with Gasteiger partial charge in [0.05, 0.1) is 12.1 Å². The van der Waals surface area contributed by atoms with E-state index < -0.39 is 0 Å². The lowest BCUT2D eigenvalue weighted by atomic mass is 10.1. The maximum Gasteiger partial charge on any atom is 0.212 e. The van der Waals surface area contributed by atoms with Crippen molar-refractivity contribution in [2.24, 2.45) is 0 Å². The normalized spacial score (nSPS) is 23.1. The van der Waals surface area contributed by atoms with E-state index >= 15 is 0 Å². The first kappa shape index (κ1) is 12.1. The topological polar surface area (TPSA) is 47.4 Å². The van der Waals surface area contributed by atoms with Crippen molar-refractivity contribution in [3.05, 3.63) is 53.9 Å². The minimum atomic E-state index is -0.293. The van der Waals surface area contributed by atoms with Crippen molar-refractivity contribution in [1.82, 2.24) is 9.78 Å². The van der Waals surface area contributed by atoms with Crippen LogP contribution < -0.4 is 0 Å². The van der Waals surface area contributed by atoms with Crippen LogP contribution in [0, 0.1) is 0 Å². The number of carbonyl (C=O) groups excluding carboxylic acids is 1. The van der Waals surface area contributed by atoms with Gasteiger partial charge in [-0.3, -0.25) is 9.48 Å². The lowest BCUT2D eigenvalue weighted by molar-refractivity contribution is 0.0942. The number of epoxide rings is 1. The molecule has 1 saturated heterocycles. The third-order valence-electron chi connectivity index (χ3n) is 3.54. The Hall–Kier alpha value is -1.94. The molecule has 0 amide bonds. The van der Waals surface area contributed by atoms with E-state index in [0.29, 0.717) is 5.69 Å². The number of carbonyl (C=O) groups is 1. The third kappa shape index (κ3) is 2.19. The fraction of sp³-hybridized carbons (Fsp3) is 0.333. The molecule has 2 aromatic rings. The summed E-state index contributed by atoms with van der Waals surface area (Å²) in [6.45, 7) is 3.94. The molecule has 4 heteroatoms.